The molecule has 1 N–H and O–H groups in total. The average Bonchev–Trinajstić information content (AvgIpc) is 3.12. The van der Waals surface area contributed by atoms with E-state index in [1.165, 1.54) is 44.2 Å². The van der Waals surface area contributed by atoms with Crippen LogP contribution in [-0.4, -0.2) is 27.5 Å². The highest BCUT2D eigenvalue weighted by Gasteiger charge is 2.23. The Balaban J connectivity index is 1.66. The number of nitrogens with zero attached hydrogens (tertiary/aromatic N) is 2. The highest BCUT2D eigenvalue weighted by Crippen LogP contribution is 2.24. The fourth-order valence-corrected chi connectivity index (χ4v) is 4.77. The van der Waals surface area contributed by atoms with E-state index in [0.29, 0.717) is 10.1 Å². The van der Waals surface area contributed by atoms with Gasteiger partial charge in [-0.2, -0.15) is 0 Å². The van der Waals surface area contributed by atoms with Gasteiger partial charge in [-0.3, -0.25) is 4.90 Å². The van der Waals surface area contributed by atoms with Gasteiger partial charge < -0.3 is 5.32 Å². The number of anilines is 1. The van der Waals surface area contributed by atoms with Crippen LogP contribution in [0, 0.1) is 0 Å². The molecule has 0 radical (unpaired) electrons. The van der Waals surface area contributed by atoms with Gasteiger partial charge in [0.25, 0.3) is 0 Å². The van der Waals surface area contributed by atoms with Crippen molar-refractivity contribution in [2.45, 2.75) is 51.4 Å². The minimum Gasteiger partial charge on any atom is -0.332 e. The van der Waals surface area contributed by atoms with Crippen molar-refractivity contribution in [3.05, 3.63) is 53.2 Å². The van der Waals surface area contributed by atoms with Crippen molar-refractivity contribution in [2.24, 2.45) is 4.99 Å². The average molecular weight is 434 g/mol. The van der Waals surface area contributed by atoms with E-state index in [4.69, 9.17) is 28.8 Å². The van der Waals surface area contributed by atoms with Crippen molar-refractivity contribution in [2.75, 3.05) is 17.6 Å². The fraction of sp³-hybridized carbons (Fsp3) is 0.455. The summed E-state index contributed by atoms with van der Waals surface area (Å²) in [7, 11) is 0. The van der Waals surface area contributed by atoms with Crippen LogP contribution in [0.5, 0.6) is 0 Å². The van der Waals surface area contributed by atoms with Gasteiger partial charge in [-0.25, -0.2) is 4.99 Å². The first-order valence-corrected chi connectivity index (χ1v) is 11.9. The van der Waals surface area contributed by atoms with Gasteiger partial charge in [-0.05, 0) is 81.8 Å². The van der Waals surface area contributed by atoms with Crippen LogP contribution in [0.25, 0.3) is 0 Å². The first kappa shape index (κ1) is 21.4. The summed E-state index contributed by atoms with van der Waals surface area (Å²) in [6.45, 7) is 0.883. The summed E-state index contributed by atoms with van der Waals surface area (Å²) in [5, 5.41) is 5.70. The highest BCUT2D eigenvalue weighted by molar-refractivity contribution is 8.14. The first-order valence-electron chi connectivity index (χ1n) is 10.1. The zero-order chi connectivity index (χ0) is 19.6. The number of hydrogen-bond acceptors (Lipinski definition) is 3. The molecule has 1 fully saturated rings. The monoisotopic (exact) mass is 433 g/mol. The predicted molar refractivity (Wildman–Crippen MR) is 128 cm³/mol. The summed E-state index contributed by atoms with van der Waals surface area (Å²) in [6.07, 6.45) is 16.4. The van der Waals surface area contributed by atoms with Gasteiger partial charge in [-0.15, -0.1) is 0 Å². The molecule has 0 amide bonds. The minimum atomic E-state index is 0.685. The zero-order valence-electron chi connectivity index (χ0n) is 16.2. The van der Waals surface area contributed by atoms with Crippen molar-refractivity contribution in [3.8, 4) is 0 Å². The number of thiocarbonyl (C=S) groups is 1. The molecule has 150 valence electrons. The maximum absolute atomic E-state index is 6.08. The Hall–Kier alpha value is -1.30. The summed E-state index contributed by atoms with van der Waals surface area (Å²) in [5.74, 6) is 1.01. The Morgan fingerprint density at radius 1 is 1.11 bits per heavy atom. The molecule has 0 bridgehead atoms. The molecule has 0 spiro atoms. The van der Waals surface area contributed by atoms with E-state index in [1.807, 2.05) is 24.3 Å². The first-order chi connectivity index (χ1) is 13.7. The van der Waals surface area contributed by atoms with Gasteiger partial charge in [-0.1, -0.05) is 47.7 Å². The maximum Gasteiger partial charge on any atom is 0.179 e. The topological polar surface area (TPSA) is 27.6 Å². The number of rotatable bonds is 2. The van der Waals surface area contributed by atoms with Gasteiger partial charge >= 0.3 is 0 Å². The minimum absolute atomic E-state index is 0.685. The van der Waals surface area contributed by atoms with Gasteiger partial charge in [0.15, 0.2) is 10.3 Å². The number of halogens is 1. The number of thioether (sulfide) groups is 1. The number of amidine groups is 1. The predicted octanol–water partition coefficient (Wildman–Crippen LogP) is 7.02. The van der Waals surface area contributed by atoms with Gasteiger partial charge in [0.05, 0.1) is 0 Å². The van der Waals surface area contributed by atoms with E-state index in [-0.39, 0.29) is 0 Å². The second-order valence-corrected chi connectivity index (χ2v) is 8.92. The van der Waals surface area contributed by atoms with E-state index < -0.39 is 0 Å². The Bertz CT molecular complexity index is 758. The number of allylic oxidation sites excluding steroid dienone is 4. The lowest BCUT2D eigenvalue weighted by molar-refractivity contribution is 0.679. The molecule has 3 rings (SSSR count). The third kappa shape index (κ3) is 6.94. The molecule has 1 aromatic rings. The molecule has 1 heterocycles. The summed E-state index contributed by atoms with van der Waals surface area (Å²) in [6, 6.07) is 7.64. The molecule has 3 nitrogen and oxygen atoms in total. The number of aliphatic imine (C=N–C) groups is 1. The maximum atomic E-state index is 6.08. The molecule has 0 atom stereocenters. The second kappa shape index (κ2) is 11.6. The van der Waals surface area contributed by atoms with Crippen LogP contribution in [-0.2, 0) is 0 Å². The van der Waals surface area contributed by atoms with Crippen molar-refractivity contribution in [3.63, 3.8) is 0 Å². The molecule has 0 saturated carbocycles. The lowest BCUT2D eigenvalue weighted by atomic mass is 10.1. The number of benzene rings is 1. The lowest BCUT2D eigenvalue weighted by Crippen LogP contribution is -2.35. The van der Waals surface area contributed by atoms with Gasteiger partial charge in [0.1, 0.15) is 0 Å². The molecule has 2 aliphatic rings. The smallest absolute Gasteiger partial charge is 0.179 e. The van der Waals surface area contributed by atoms with E-state index in [1.54, 1.807) is 11.8 Å². The van der Waals surface area contributed by atoms with E-state index >= 15 is 0 Å². The summed E-state index contributed by atoms with van der Waals surface area (Å²) in [5.41, 5.74) is 2.12. The third-order valence-electron chi connectivity index (χ3n) is 4.76. The summed E-state index contributed by atoms with van der Waals surface area (Å²) >= 11 is 13.5. The quantitative estimate of drug-likeness (QED) is 0.400. The number of hydrogen-bond donors (Lipinski definition) is 1. The lowest BCUT2D eigenvalue weighted by Gasteiger charge is -2.20. The molecule has 1 aliphatic heterocycles. The second-order valence-electron chi connectivity index (χ2n) is 7.03. The summed E-state index contributed by atoms with van der Waals surface area (Å²) in [4.78, 5) is 7.13. The number of nitrogens with one attached hydrogen (secondary N) is 1. The van der Waals surface area contributed by atoms with Crippen LogP contribution in [0.2, 0.25) is 5.02 Å². The van der Waals surface area contributed by atoms with E-state index in [2.05, 4.69) is 28.4 Å². The third-order valence-corrected chi connectivity index (χ3v) is 6.28. The highest BCUT2D eigenvalue weighted by atomic mass is 35.5. The van der Waals surface area contributed by atoms with Crippen LogP contribution in [0.15, 0.2) is 53.2 Å². The molecular formula is C22H28ClN3S2. The van der Waals surface area contributed by atoms with Gasteiger partial charge in [0.2, 0.25) is 0 Å². The standard InChI is InChI=1S/C22H28ClN3S2/c23-18-11-10-14-20(17-18)24-21(27)26-15-16-28-22(26)25-19-12-8-6-4-2-1-3-5-7-9-13-19/h1-2,10-11,13-14,17H,3-9,12,15-16H2,(H,24,27)/b2-1-,19-13-,25-22?. The van der Waals surface area contributed by atoms with E-state index in [0.717, 1.165) is 36.0 Å². The molecule has 28 heavy (non-hydrogen) atoms. The zero-order valence-corrected chi connectivity index (χ0v) is 18.6. The van der Waals surface area contributed by atoms with E-state index in [9.17, 15) is 0 Å². The molecule has 1 aromatic carbocycles. The largest absolute Gasteiger partial charge is 0.332 e. The van der Waals surface area contributed by atoms with Crippen molar-refractivity contribution >= 4 is 51.5 Å². The SMILES string of the molecule is S=C(Nc1cccc(Cl)c1)N1CCSC1=N/C1=C\CCCC/C=C\CCCC1. The van der Waals surface area contributed by atoms with Crippen molar-refractivity contribution < 1.29 is 0 Å². The normalized spacial score (nSPS) is 23.4. The van der Waals surface area contributed by atoms with Crippen LogP contribution in [0.3, 0.4) is 0 Å². The Morgan fingerprint density at radius 3 is 2.71 bits per heavy atom. The van der Waals surface area contributed by atoms with Crippen molar-refractivity contribution in [1.29, 1.82) is 0 Å². The van der Waals surface area contributed by atoms with Gasteiger partial charge in [0, 0.05) is 28.7 Å². The van der Waals surface area contributed by atoms with Crippen molar-refractivity contribution in [1.82, 2.24) is 4.90 Å². The van der Waals surface area contributed by atoms with Crippen LogP contribution in [0.1, 0.15) is 51.4 Å². The molecule has 1 saturated heterocycles. The van der Waals surface area contributed by atoms with Crippen LogP contribution < -0.4 is 5.32 Å². The Kier molecular flexibility index (Phi) is 8.90. The molecule has 1 aliphatic carbocycles. The molecular weight excluding hydrogens is 406 g/mol. The molecule has 0 aromatic heterocycles. The molecule has 6 heteroatoms. The molecule has 0 unspecified atom stereocenters. The Morgan fingerprint density at radius 2 is 1.89 bits per heavy atom. The Labute approximate surface area is 183 Å². The van der Waals surface area contributed by atoms with Crippen LogP contribution in [0.4, 0.5) is 5.69 Å². The van der Waals surface area contributed by atoms with Crippen LogP contribution >= 0.6 is 35.6 Å². The fourth-order valence-electron chi connectivity index (χ4n) is 3.25. The summed E-state index contributed by atoms with van der Waals surface area (Å²) < 4.78 is 0.